The van der Waals surface area contributed by atoms with E-state index in [1.165, 1.54) is 12.0 Å². The standard InChI is InChI=1S/C13H19ClN2/c1-10-5-12(7-15)9-16(10)8-11-3-2-4-13(14)6-11/h2-4,6,10,12H,5,7-9,15H2,1H3. The van der Waals surface area contributed by atoms with Crippen LogP contribution in [0, 0.1) is 5.92 Å². The quantitative estimate of drug-likeness (QED) is 0.877. The van der Waals surface area contributed by atoms with E-state index in [4.69, 9.17) is 17.3 Å². The number of rotatable bonds is 3. The summed E-state index contributed by atoms with van der Waals surface area (Å²) in [5.74, 6) is 0.661. The molecule has 1 aromatic rings. The van der Waals surface area contributed by atoms with Gasteiger partial charge < -0.3 is 5.73 Å². The molecule has 88 valence electrons. The number of likely N-dealkylation sites (tertiary alicyclic amines) is 1. The summed E-state index contributed by atoms with van der Waals surface area (Å²) in [6.07, 6.45) is 1.22. The highest BCUT2D eigenvalue weighted by Gasteiger charge is 2.27. The molecule has 2 rings (SSSR count). The predicted octanol–water partition coefficient (Wildman–Crippen LogP) is 2.51. The van der Waals surface area contributed by atoms with Crippen LogP contribution in [-0.4, -0.2) is 24.0 Å². The van der Waals surface area contributed by atoms with E-state index in [2.05, 4.69) is 17.9 Å². The normalized spacial score (nSPS) is 26.2. The SMILES string of the molecule is CC1CC(CN)CN1Cc1cccc(Cl)c1. The van der Waals surface area contributed by atoms with Crippen molar-refractivity contribution in [2.75, 3.05) is 13.1 Å². The maximum atomic E-state index is 5.98. The summed E-state index contributed by atoms with van der Waals surface area (Å²) in [7, 11) is 0. The van der Waals surface area contributed by atoms with Crippen LogP contribution in [0.2, 0.25) is 5.02 Å². The van der Waals surface area contributed by atoms with E-state index < -0.39 is 0 Å². The number of halogens is 1. The van der Waals surface area contributed by atoms with Crippen LogP contribution in [0.25, 0.3) is 0 Å². The van der Waals surface area contributed by atoms with Crippen molar-refractivity contribution in [3.8, 4) is 0 Å². The summed E-state index contributed by atoms with van der Waals surface area (Å²) < 4.78 is 0. The molecule has 2 unspecified atom stereocenters. The van der Waals surface area contributed by atoms with E-state index in [1.807, 2.05) is 18.2 Å². The highest BCUT2D eigenvalue weighted by molar-refractivity contribution is 6.30. The van der Waals surface area contributed by atoms with Crippen LogP contribution in [0.5, 0.6) is 0 Å². The summed E-state index contributed by atoms with van der Waals surface area (Å²) in [6, 6.07) is 8.74. The van der Waals surface area contributed by atoms with Crippen molar-refractivity contribution in [2.24, 2.45) is 11.7 Å². The molecule has 0 aromatic heterocycles. The van der Waals surface area contributed by atoms with Crippen LogP contribution in [0.4, 0.5) is 0 Å². The molecule has 1 saturated heterocycles. The fraction of sp³-hybridized carbons (Fsp3) is 0.538. The minimum absolute atomic E-state index is 0.632. The average molecular weight is 239 g/mol. The van der Waals surface area contributed by atoms with Gasteiger partial charge in [-0.2, -0.15) is 0 Å². The summed E-state index contributed by atoms with van der Waals surface area (Å²) >= 11 is 5.98. The Hall–Kier alpha value is -0.570. The second kappa shape index (κ2) is 5.17. The Kier molecular flexibility index (Phi) is 3.85. The lowest BCUT2D eigenvalue weighted by atomic mass is 10.1. The molecule has 0 radical (unpaired) electrons. The Labute approximate surface area is 102 Å². The molecule has 0 bridgehead atoms. The molecule has 3 heteroatoms. The van der Waals surface area contributed by atoms with Crippen molar-refractivity contribution < 1.29 is 0 Å². The maximum absolute atomic E-state index is 5.98. The molecule has 0 saturated carbocycles. The van der Waals surface area contributed by atoms with Gasteiger partial charge in [0.25, 0.3) is 0 Å². The fourth-order valence-corrected chi connectivity index (χ4v) is 2.69. The molecular formula is C13H19ClN2. The molecule has 0 aliphatic carbocycles. The van der Waals surface area contributed by atoms with E-state index in [1.54, 1.807) is 0 Å². The van der Waals surface area contributed by atoms with Gasteiger partial charge in [0, 0.05) is 24.2 Å². The van der Waals surface area contributed by atoms with Gasteiger partial charge in [0.05, 0.1) is 0 Å². The van der Waals surface area contributed by atoms with Crippen LogP contribution in [-0.2, 0) is 6.54 Å². The lowest BCUT2D eigenvalue weighted by Crippen LogP contribution is -2.27. The zero-order valence-corrected chi connectivity index (χ0v) is 10.5. The van der Waals surface area contributed by atoms with Gasteiger partial charge in [-0.1, -0.05) is 23.7 Å². The van der Waals surface area contributed by atoms with Crippen molar-refractivity contribution in [3.05, 3.63) is 34.9 Å². The van der Waals surface area contributed by atoms with Crippen molar-refractivity contribution in [2.45, 2.75) is 25.9 Å². The average Bonchev–Trinajstić information content (AvgIpc) is 2.60. The first-order valence-corrected chi connectivity index (χ1v) is 6.25. The molecule has 1 aliphatic rings. The topological polar surface area (TPSA) is 29.3 Å². The first-order valence-electron chi connectivity index (χ1n) is 5.87. The number of benzene rings is 1. The molecule has 0 spiro atoms. The van der Waals surface area contributed by atoms with Gasteiger partial charge in [-0.05, 0) is 43.5 Å². The smallest absolute Gasteiger partial charge is 0.0409 e. The Balaban J connectivity index is 2.00. The molecule has 2 N–H and O–H groups in total. The summed E-state index contributed by atoms with van der Waals surface area (Å²) in [6.45, 7) is 5.18. The molecule has 2 atom stereocenters. The van der Waals surface area contributed by atoms with Gasteiger partial charge in [-0.15, -0.1) is 0 Å². The van der Waals surface area contributed by atoms with Gasteiger partial charge in [0.1, 0.15) is 0 Å². The lowest BCUT2D eigenvalue weighted by molar-refractivity contribution is 0.256. The Morgan fingerprint density at radius 2 is 2.31 bits per heavy atom. The zero-order valence-electron chi connectivity index (χ0n) is 9.70. The van der Waals surface area contributed by atoms with Gasteiger partial charge in [-0.25, -0.2) is 0 Å². The fourth-order valence-electron chi connectivity index (χ4n) is 2.48. The van der Waals surface area contributed by atoms with Crippen LogP contribution in [0.3, 0.4) is 0 Å². The van der Waals surface area contributed by atoms with Crippen molar-refractivity contribution >= 4 is 11.6 Å². The molecule has 0 amide bonds. The largest absolute Gasteiger partial charge is 0.330 e. The number of hydrogen-bond donors (Lipinski definition) is 1. The van der Waals surface area contributed by atoms with Gasteiger partial charge in [0.2, 0.25) is 0 Å². The third-order valence-corrected chi connectivity index (χ3v) is 3.63. The predicted molar refractivity (Wildman–Crippen MR) is 68.5 cm³/mol. The first kappa shape index (κ1) is 11.9. The summed E-state index contributed by atoms with van der Waals surface area (Å²) in [5, 5.41) is 0.819. The molecule has 1 aromatic carbocycles. The maximum Gasteiger partial charge on any atom is 0.0409 e. The number of hydrogen-bond acceptors (Lipinski definition) is 2. The van der Waals surface area contributed by atoms with Gasteiger partial charge >= 0.3 is 0 Å². The summed E-state index contributed by atoms with van der Waals surface area (Å²) in [4.78, 5) is 2.49. The first-order chi connectivity index (χ1) is 7.69. The zero-order chi connectivity index (χ0) is 11.5. The Bertz CT molecular complexity index is 354. The Morgan fingerprint density at radius 3 is 2.94 bits per heavy atom. The van der Waals surface area contributed by atoms with Crippen molar-refractivity contribution in [3.63, 3.8) is 0 Å². The van der Waals surface area contributed by atoms with E-state index in [9.17, 15) is 0 Å². The summed E-state index contributed by atoms with van der Waals surface area (Å²) in [5.41, 5.74) is 7.02. The molecular weight excluding hydrogens is 220 g/mol. The van der Waals surface area contributed by atoms with Crippen LogP contribution in [0.1, 0.15) is 18.9 Å². The van der Waals surface area contributed by atoms with E-state index >= 15 is 0 Å². The third kappa shape index (κ3) is 2.76. The van der Waals surface area contributed by atoms with Gasteiger partial charge in [0.15, 0.2) is 0 Å². The van der Waals surface area contributed by atoms with E-state index in [0.717, 1.165) is 24.7 Å². The van der Waals surface area contributed by atoms with E-state index in [0.29, 0.717) is 12.0 Å². The molecule has 1 fully saturated rings. The molecule has 1 aliphatic heterocycles. The molecule has 16 heavy (non-hydrogen) atoms. The van der Waals surface area contributed by atoms with Gasteiger partial charge in [-0.3, -0.25) is 4.90 Å². The minimum atomic E-state index is 0.632. The Morgan fingerprint density at radius 1 is 1.50 bits per heavy atom. The van der Waals surface area contributed by atoms with Crippen LogP contribution in [0.15, 0.2) is 24.3 Å². The lowest BCUT2D eigenvalue weighted by Gasteiger charge is -2.21. The number of nitrogens with zero attached hydrogens (tertiary/aromatic N) is 1. The minimum Gasteiger partial charge on any atom is -0.330 e. The second-order valence-electron chi connectivity index (χ2n) is 4.75. The van der Waals surface area contributed by atoms with Crippen molar-refractivity contribution in [1.82, 2.24) is 4.90 Å². The molecule has 2 nitrogen and oxygen atoms in total. The monoisotopic (exact) mass is 238 g/mol. The van der Waals surface area contributed by atoms with Crippen molar-refractivity contribution in [1.29, 1.82) is 0 Å². The highest BCUT2D eigenvalue weighted by atomic mass is 35.5. The van der Waals surface area contributed by atoms with Crippen LogP contribution >= 0.6 is 11.6 Å². The number of nitrogens with two attached hydrogens (primary N) is 1. The second-order valence-corrected chi connectivity index (χ2v) is 5.18. The highest BCUT2D eigenvalue weighted by Crippen LogP contribution is 2.24. The van der Waals surface area contributed by atoms with E-state index in [-0.39, 0.29) is 0 Å². The molecule has 1 heterocycles. The van der Waals surface area contributed by atoms with Crippen LogP contribution < -0.4 is 5.73 Å². The third-order valence-electron chi connectivity index (χ3n) is 3.40.